The van der Waals surface area contributed by atoms with Gasteiger partial charge < -0.3 is 9.64 Å². The van der Waals surface area contributed by atoms with E-state index in [2.05, 4.69) is 0 Å². The van der Waals surface area contributed by atoms with E-state index in [-0.39, 0.29) is 34.8 Å². The number of ether oxygens (including phenoxy) is 1. The smallest absolute Gasteiger partial charge is 0.243 e. The van der Waals surface area contributed by atoms with Gasteiger partial charge in [-0.25, -0.2) is 12.8 Å². The fourth-order valence-corrected chi connectivity index (χ4v) is 4.83. The first-order valence-corrected chi connectivity index (χ1v) is 10.0. The second kappa shape index (κ2) is 7.57. The zero-order valence-electron chi connectivity index (χ0n) is 13.7. The molecule has 3 rings (SSSR count). The average Bonchev–Trinajstić information content (AvgIpc) is 2.64. The van der Waals surface area contributed by atoms with Crippen molar-refractivity contribution in [2.24, 2.45) is 5.92 Å². The summed E-state index contributed by atoms with van der Waals surface area (Å²) in [5.41, 5.74) is 0. The molecule has 0 N–H and O–H groups in total. The van der Waals surface area contributed by atoms with Gasteiger partial charge in [0.2, 0.25) is 15.9 Å². The van der Waals surface area contributed by atoms with E-state index < -0.39 is 15.8 Å². The number of halogens is 2. The van der Waals surface area contributed by atoms with Crippen LogP contribution in [0.3, 0.4) is 0 Å². The molecule has 2 aliphatic rings. The van der Waals surface area contributed by atoms with Crippen LogP contribution in [0.2, 0.25) is 5.02 Å². The summed E-state index contributed by atoms with van der Waals surface area (Å²) in [7, 11) is -3.75. The third-order valence-corrected chi connectivity index (χ3v) is 6.83. The van der Waals surface area contributed by atoms with Gasteiger partial charge >= 0.3 is 0 Å². The van der Waals surface area contributed by atoms with E-state index >= 15 is 0 Å². The molecule has 1 aromatic carbocycles. The summed E-state index contributed by atoms with van der Waals surface area (Å²) in [6, 6.07) is 3.36. The quantitative estimate of drug-likeness (QED) is 0.788. The van der Waals surface area contributed by atoms with Gasteiger partial charge in [0.1, 0.15) is 5.82 Å². The van der Waals surface area contributed by atoms with Crippen molar-refractivity contribution >= 4 is 27.5 Å². The summed E-state index contributed by atoms with van der Waals surface area (Å²) in [6.45, 7) is 2.32. The lowest BCUT2D eigenvalue weighted by Gasteiger charge is -2.36. The second-order valence-electron chi connectivity index (χ2n) is 6.19. The lowest BCUT2D eigenvalue weighted by Crippen LogP contribution is -2.52. The van der Waals surface area contributed by atoms with Crippen LogP contribution in [-0.4, -0.2) is 62.9 Å². The summed E-state index contributed by atoms with van der Waals surface area (Å²) >= 11 is 5.69. The van der Waals surface area contributed by atoms with Crippen LogP contribution in [0.1, 0.15) is 12.8 Å². The first-order chi connectivity index (χ1) is 11.9. The van der Waals surface area contributed by atoms with Gasteiger partial charge in [-0.3, -0.25) is 4.79 Å². The van der Waals surface area contributed by atoms with Gasteiger partial charge in [-0.1, -0.05) is 11.6 Å². The zero-order valence-corrected chi connectivity index (χ0v) is 15.2. The van der Waals surface area contributed by atoms with Gasteiger partial charge in [-0.05, 0) is 31.0 Å². The van der Waals surface area contributed by atoms with Crippen molar-refractivity contribution in [3.63, 3.8) is 0 Å². The third kappa shape index (κ3) is 3.97. The molecule has 0 unspecified atom stereocenters. The first-order valence-electron chi connectivity index (χ1n) is 8.21. The standard InChI is InChI=1S/C16H20ClFN2O4S/c17-14-11-13(1-2-15(14)18)25(22,23)20-7-5-19(6-8-20)16(21)12-3-9-24-10-4-12/h1-2,11-12H,3-10H2. The molecule has 0 atom stereocenters. The van der Waals surface area contributed by atoms with E-state index in [9.17, 15) is 17.6 Å². The number of piperazine rings is 1. The van der Waals surface area contributed by atoms with Crippen molar-refractivity contribution in [3.05, 3.63) is 29.0 Å². The lowest BCUT2D eigenvalue weighted by molar-refractivity contribution is -0.139. The summed E-state index contributed by atoms with van der Waals surface area (Å²) in [5, 5.41) is -0.227. The number of nitrogens with zero attached hydrogens (tertiary/aromatic N) is 2. The third-order valence-electron chi connectivity index (χ3n) is 4.65. The molecule has 9 heteroatoms. The van der Waals surface area contributed by atoms with Crippen LogP contribution < -0.4 is 0 Å². The minimum Gasteiger partial charge on any atom is -0.381 e. The molecule has 2 heterocycles. The van der Waals surface area contributed by atoms with Crippen molar-refractivity contribution in [1.82, 2.24) is 9.21 Å². The molecule has 0 bridgehead atoms. The van der Waals surface area contributed by atoms with Gasteiger partial charge in [-0.15, -0.1) is 0 Å². The number of rotatable bonds is 3. The highest BCUT2D eigenvalue weighted by Crippen LogP contribution is 2.24. The highest BCUT2D eigenvalue weighted by molar-refractivity contribution is 7.89. The lowest BCUT2D eigenvalue weighted by atomic mass is 9.98. The summed E-state index contributed by atoms with van der Waals surface area (Å²) in [5.74, 6) is -0.620. The average molecular weight is 391 g/mol. The van der Waals surface area contributed by atoms with E-state index in [4.69, 9.17) is 16.3 Å². The Hall–Kier alpha value is -1.22. The van der Waals surface area contributed by atoms with Crippen molar-refractivity contribution in [2.45, 2.75) is 17.7 Å². The Bertz CT molecular complexity index is 745. The topological polar surface area (TPSA) is 66.9 Å². The molecule has 0 saturated carbocycles. The van der Waals surface area contributed by atoms with Crippen LogP contribution in [0.4, 0.5) is 4.39 Å². The number of hydrogen-bond acceptors (Lipinski definition) is 4. The van der Waals surface area contributed by atoms with E-state index in [0.29, 0.717) is 39.1 Å². The van der Waals surface area contributed by atoms with E-state index in [0.717, 1.165) is 12.1 Å². The highest BCUT2D eigenvalue weighted by atomic mass is 35.5. The maximum atomic E-state index is 13.3. The normalized spacial score (nSPS) is 20.6. The van der Waals surface area contributed by atoms with Crippen molar-refractivity contribution in [3.8, 4) is 0 Å². The maximum absolute atomic E-state index is 13.3. The molecule has 2 fully saturated rings. The molecule has 1 amide bonds. The Morgan fingerprint density at radius 1 is 1.16 bits per heavy atom. The molecule has 1 aromatic rings. The van der Waals surface area contributed by atoms with Crippen LogP contribution in [0.5, 0.6) is 0 Å². The van der Waals surface area contributed by atoms with Crippen molar-refractivity contribution in [1.29, 1.82) is 0 Å². The van der Waals surface area contributed by atoms with Crippen molar-refractivity contribution < 1.29 is 22.3 Å². The van der Waals surface area contributed by atoms with Crippen LogP contribution in [0, 0.1) is 11.7 Å². The number of hydrogen-bond donors (Lipinski definition) is 0. The fourth-order valence-electron chi connectivity index (χ4n) is 3.14. The van der Waals surface area contributed by atoms with E-state index in [1.807, 2.05) is 0 Å². The van der Waals surface area contributed by atoms with E-state index in [1.165, 1.54) is 10.4 Å². The number of sulfonamides is 1. The zero-order chi connectivity index (χ0) is 18.0. The van der Waals surface area contributed by atoms with Crippen LogP contribution in [0.15, 0.2) is 23.1 Å². The molecule has 0 aromatic heterocycles. The minimum atomic E-state index is -3.75. The minimum absolute atomic E-state index is 0.0344. The maximum Gasteiger partial charge on any atom is 0.243 e. The second-order valence-corrected chi connectivity index (χ2v) is 8.54. The molecular formula is C16H20ClFN2O4S. The Labute approximate surface area is 151 Å². The molecular weight excluding hydrogens is 371 g/mol. The Kier molecular flexibility index (Phi) is 5.62. The van der Waals surface area contributed by atoms with E-state index in [1.54, 1.807) is 4.90 Å². The predicted molar refractivity (Wildman–Crippen MR) is 90.3 cm³/mol. The summed E-state index contributed by atoms with van der Waals surface area (Å²) < 4.78 is 45.1. The number of carbonyl (C=O) groups excluding carboxylic acids is 1. The van der Waals surface area contributed by atoms with Gasteiger partial charge in [0.25, 0.3) is 0 Å². The molecule has 0 radical (unpaired) electrons. The van der Waals surface area contributed by atoms with Gasteiger partial charge in [0.05, 0.1) is 9.92 Å². The summed E-state index contributed by atoms with van der Waals surface area (Å²) in [6.07, 6.45) is 1.43. The van der Waals surface area contributed by atoms with Crippen LogP contribution in [-0.2, 0) is 19.6 Å². The monoisotopic (exact) mass is 390 g/mol. The molecule has 138 valence electrons. The Morgan fingerprint density at radius 3 is 2.40 bits per heavy atom. The SMILES string of the molecule is O=C(C1CCOCC1)N1CCN(S(=O)(=O)c2ccc(F)c(Cl)c2)CC1. The molecule has 0 aliphatic carbocycles. The molecule has 2 saturated heterocycles. The molecule has 6 nitrogen and oxygen atoms in total. The first kappa shape index (κ1) is 18.6. The van der Waals surface area contributed by atoms with Crippen LogP contribution >= 0.6 is 11.6 Å². The van der Waals surface area contributed by atoms with Crippen molar-refractivity contribution in [2.75, 3.05) is 39.4 Å². The Balaban J connectivity index is 1.64. The molecule has 25 heavy (non-hydrogen) atoms. The summed E-state index contributed by atoms with van der Waals surface area (Å²) in [4.78, 5) is 14.2. The van der Waals surface area contributed by atoms with Gasteiger partial charge in [-0.2, -0.15) is 4.31 Å². The fraction of sp³-hybridized carbons (Fsp3) is 0.562. The predicted octanol–water partition coefficient (Wildman–Crippen LogP) is 1.74. The Morgan fingerprint density at radius 2 is 1.80 bits per heavy atom. The van der Waals surface area contributed by atoms with Gasteiger partial charge in [0.15, 0.2) is 0 Å². The van der Waals surface area contributed by atoms with Gasteiger partial charge in [0, 0.05) is 45.3 Å². The number of carbonyl (C=O) groups is 1. The number of amides is 1. The van der Waals surface area contributed by atoms with Crippen LogP contribution in [0.25, 0.3) is 0 Å². The highest BCUT2D eigenvalue weighted by Gasteiger charge is 2.33. The number of benzene rings is 1. The molecule has 2 aliphatic heterocycles. The molecule has 0 spiro atoms. The largest absolute Gasteiger partial charge is 0.381 e.